The van der Waals surface area contributed by atoms with Gasteiger partial charge in [-0.25, -0.2) is 0 Å². The lowest BCUT2D eigenvalue weighted by molar-refractivity contribution is 0.190. The van der Waals surface area contributed by atoms with E-state index in [1.165, 1.54) is 0 Å². The Morgan fingerprint density at radius 1 is 1.21 bits per heavy atom. The standard InChI is InChI=1S/C11H17NO2/c1-9(8-13-2)12-10-4-6-11(14-3)7-5-10/h4-7,9,12H,8H2,1-3H3. The fourth-order valence-electron chi connectivity index (χ4n) is 1.26. The molecule has 3 heteroatoms. The highest BCUT2D eigenvalue weighted by molar-refractivity contribution is 5.46. The molecule has 1 atom stereocenters. The molecule has 0 spiro atoms. The molecule has 1 aromatic carbocycles. The van der Waals surface area contributed by atoms with Gasteiger partial charge in [0, 0.05) is 18.8 Å². The molecule has 0 aromatic heterocycles. The SMILES string of the molecule is COCC(C)Nc1ccc(OC)cc1. The van der Waals surface area contributed by atoms with Crippen LogP contribution in [-0.2, 0) is 4.74 Å². The summed E-state index contributed by atoms with van der Waals surface area (Å²) in [5.74, 6) is 0.870. The Balaban J connectivity index is 2.50. The monoisotopic (exact) mass is 195 g/mol. The van der Waals surface area contributed by atoms with Crippen LogP contribution in [0.4, 0.5) is 5.69 Å². The minimum atomic E-state index is 0.313. The second-order valence-electron chi connectivity index (χ2n) is 3.23. The van der Waals surface area contributed by atoms with Crippen molar-refractivity contribution >= 4 is 5.69 Å². The molecule has 0 aliphatic heterocycles. The van der Waals surface area contributed by atoms with E-state index in [9.17, 15) is 0 Å². The Hall–Kier alpha value is -1.22. The van der Waals surface area contributed by atoms with Gasteiger partial charge in [0.2, 0.25) is 0 Å². The minimum absolute atomic E-state index is 0.313. The summed E-state index contributed by atoms with van der Waals surface area (Å²) >= 11 is 0. The molecule has 0 aliphatic rings. The summed E-state index contributed by atoms with van der Waals surface area (Å²) in [6.07, 6.45) is 0. The molecule has 0 heterocycles. The van der Waals surface area contributed by atoms with Crippen LogP contribution in [0, 0.1) is 0 Å². The van der Waals surface area contributed by atoms with Crippen molar-refractivity contribution in [1.29, 1.82) is 0 Å². The lowest BCUT2D eigenvalue weighted by Gasteiger charge is -2.14. The van der Waals surface area contributed by atoms with Crippen molar-refractivity contribution in [1.82, 2.24) is 0 Å². The second kappa shape index (κ2) is 5.50. The van der Waals surface area contributed by atoms with E-state index in [4.69, 9.17) is 9.47 Å². The fraction of sp³-hybridized carbons (Fsp3) is 0.455. The normalized spacial score (nSPS) is 12.2. The summed E-state index contributed by atoms with van der Waals surface area (Å²) in [7, 11) is 3.36. The molecule has 1 rings (SSSR count). The lowest BCUT2D eigenvalue weighted by Crippen LogP contribution is -2.20. The van der Waals surface area contributed by atoms with Gasteiger partial charge in [-0.05, 0) is 31.2 Å². The molecule has 0 saturated carbocycles. The van der Waals surface area contributed by atoms with E-state index in [0.717, 1.165) is 11.4 Å². The molecule has 1 unspecified atom stereocenters. The van der Waals surface area contributed by atoms with Crippen LogP contribution >= 0.6 is 0 Å². The average Bonchev–Trinajstić information content (AvgIpc) is 2.19. The van der Waals surface area contributed by atoms with Gasteiger partial charge >= 0.3 is 0 Å². The van der Waals surface area contributed by atoms with E-state index < -0.39 is 0 Å². The molecule has 78 valence electrons. The first-order valence-electron chi connectivity index (χ1n) is 4.65. The fourth-order valence-corrected chi connectivity index (χ4v) is 1.26. The highest BCUT2D eigenvalue weighted by atomic mass is 16.5. The lowest BCUT2D eigenvalue weighted by atomic mass is 10.2. The van der Waals surface area contributed by atoms with Crippen LogP contribution in [0.1, 0.15) is 6.92 Å². The van der Waals surface area contributed by atoms with E-state index in [1.807, 2.05) is 24.3 Å². The second-order valence-corrected chi connectivity index (χ2v) is 3.23. The number of hydrogen-bond acceptors (Lipinski definition) is 3. The largest absolute Gasteiger partial charge is 0.497 e. The van der Waals surface area contributed by atoms with Gasteiger partial charge in [0.25, 0.3) is 0 Å². The van der Waals surface area contributed by atoms with E-state index in [2.05, 4.69) is 12.2 Å². The quantitative estimate of drug-likeness (QED) is 0.780. The van der Waals surface area contributed by atoms with Crippen molar-refractivity contribution in [3.63, 3.8) is 0 Å². The van der Waals surface area contributed by atoms with Gasteiger partial charge in [-0.1, -0.05) is 0 Å². The van der Waals surface area contributed by atoms with Gasteiger partial charge in [0.05, 0.1) is 13.7 Å². The van der Waals surface area contributed by atoms with E-state index in [1.54, 1.807) is 14.2 Å². The van der Waals surface area contributed by atoms with Crippen LogP contribution in [-0.4, -0.2) is 26.9 Å². The number of nitrogens with one attached hydrogen (secondary N) is 1. The van der Waals surface area contributed by atoms with Gasteiger partial charge in [0.1, 0.15) is 5.75 Å². The third-order valence-electron chi connectivity index (χ3n) is 1.92. The van der Waals surface area contributed by atoms with Gasteiger partial charge in [-0.2, -0.15) is 0 Å². The van der Waals surface area contributed by atoms with Crippen molar-refractivity contribution in [3.05, 3.63) is 24.3 Å². The zero-order valence-corrected chi connectivity index (χ0v) is 8.91. The maximum atomic E-state index is 5.07. The highest BCUT2D eigenvalue weighted by Gasteiger charge is 2.00. The number of rotatable bonds is 5. The number of benzene rings is 1. The van der Waals surface area contributed by atoms with Gasteiger partial charge in [0.15, 0.2) is 0 Å². The number of anilines is 1. The molecular weight excluding hydrogens is 178 g/mol. The van der Waals surface area contributed by atoms with Crippen LogP contribution in [0.25, 0.3) is 0 Å². The summed E-state index contributed by atoms with van der Waals surface area (Å²) in [6, 6.07) is 8.16. The summed E-state index contributed by atoms with van der Waals surface area (Å²) in [5.41, 5.74) is 1.08. The predicted molar refractivity (Wildman–Crippen MR) is 58.0 cm³/mol. The molecule has 14 heavy (non-hydrogen) atoms. The average molecular weight is 195 g/mol. The molecule has 0 bridgehead atoms. The van der Waals surface area contributed by atoms with Crippen molar-refractivity contribution in [2.24, 2.45) is 0 Å². The number of hydrogen-bond donors (Lipinski definition) is 1. The first-order chi connectivity index (χ1) is 6.76. The molecule has 0 fully saturated rings. The third kappa shape index (κ3) is 3.26. The third-order valence-corrected chi connectivity index (χ3v) is 1.92. The maximum absolute atomic E-state index is 5.07. The molecule has 0 aliphatic carbocycles. The molecular formula is C11H17NO2. The first-order valence-corrected chi connectivity index (χ1v) is 4.65. The Morgan fingerprint density at radius 3 is 2.36 bits per heavy atom. The van der Waals surface area contributed by atoms with Crippen molar-refractivity contribution < 1.29 is 9.47 Å². The zero-order valence-electron chi connectivity index (χ0n) is 8.91. The van der Waals surface area contributed by atoms with E-state index in [0.29, 0.717) is 12.6 Å². The molecule has 3 nitrogen and oxygen atoms in total. The topological polar surface area (TPSA) is 30.5 Å². The highest BCUT2D eigenvalue weighted by Crippen LogP contribution is 2.15. The van der Waals surface area contributed by atoms with Crippen molar-refractivity contribution in [2.45, 2.75) is 13.0 Å². The molecule has 0 saturated heterocycles. The molecule has 0 radical (unpaired) electrons. The number of methoxy groups -OCH3 is 2. The zero-order chi connectivity index (χ0) is 10.4. The van der Waals surface area contributed by atoms with Crippen LogP contribution in [0.2, 0.25) is 0 Å². The summed E-state index contributed by atoms with van der Waals surface area (Å²) in [4.78, 5) is 0. The smallest absolute Gasteiger partial charge is 0.119 e. The summed E-state index contributed by atoms with van der Waals surface area (Å²) in [5, 5.41) is 3.31. The predicted octanol–water partition coefficient (Wildman–Crippen LogP) is 2.14. The summed E-state index contributed by atoms with van der Waals surface area (Å²) in [6.45, 7) is 2.78. The van der Waals surface area contributed by atoms with Crippen molar-refractivity contribution in [3.8, 4) is 5.75 Å². The van der Waals surface area contributed by atoms with Crippen LogP contribution in [0.3, 0.4) is 0 Å². The van der Waals surface area contributed by atoms with E-state index in [-0.39, 0.29) is 0 Å². The first kappa shape index (κ1) is 10.9. The van der Waals surface area contributed by atoms with Crippen LogP contribution < -0.4 is 10.1 Å². The maximum Gasteiger partial charge on any atom is 0.119 e. The Kier molecular flexibility index (Phi) is 4.26. The van der Waals surface area contributed by atoms with Crippen molar-refractivity contribution in [2.75, 3.05) is 26.1 Å². The van der Waals surface area contributed by atoms with Crippen LogP contribution in [0.5, 0.6) is 5.75 Å². The minimum Gasteiger partial charge on any atom is -0.497 e. The van der Waals surface area contributed by atoms with Gasteiger partial charge in [-0.15, -0.1) is 0 Å². The Labute approximate surface area is 85.0 Å². The van der Waals surface area contributed by atoms with Gasteiger partial charge in [-0.3, -0.25) is 0 Å². The van der Waals surface area contributed by atoms with Crippen LogP contribution in [0.15, 0.2) is 24.3 Å². The Bertz CT molecular complexity index is 258. The van der Waals surface area contributed by atoms with Gasteiger partial charge < -0.3 is 14.8 Å². The number of ether oxygens (including phenoxy) is 2. The molecule has 0 amide bonds. The molecule has 1 aromatic rings. The van der Waals surface area contributed by atoms with E-state index >= 15 is 0 Å². The Morgan fingerprint density at radius 2 is 1.86 bits per heavy atom. The molecule has 1 N–H and O–H groups in total. The summed E-state index contributed by atoms with van der Waals surface area (Å²) < 4.78 is 10.1.